The normalized spacial score (nSPS) is 16.4. The summed E-state index contributed by atoms with van der Waals surface area (Å²) >= 11 is 0. The monoisotopic (exact) mass is 694 g/mol. The van der Waals surface area contributed by atoms with Crippen LogP contribution in [0.1, 0.15) is 125 Å². The van der Waals surface area contributed by atoms with E-state index < -0.39 is 6.10 Å². The third-order valence-electron chi connectivity index (χ3n) is 8.35. The summed E-state index contributed by atoms with van der Waals surface area (Å²) in [5.74, 6) is 0.717. The number of allylic oxidation sites excluding steroid dienone is 1. The summed E-state index contributed by atoms with van der Waals surface area (Å²) in [6.07, 6.45) is 20.1. The van der Waals surface area contributed by atoms with Crippen LogP contribution < -0.4 is 21.7 Å². The zero-order chi connectivity index (χ0) is 39.0. The van der Waals surface area contributed by atoms with Gasteiger partial charge < -0.3 is 31.7 Å². The van der Waals surface area contributed by atoms with Crippen molar-refractivity contribution < 1.29 is 5.11 Å². The largest absolute Gasteiger partial charge is 0.405 e. The van der Waals surface area contributed by atoms with Gasteiger partial charge in [-0.05, 0) is 56.1 Å². The SMILES string of the molecule is C#C.C=C(NC1CC1)C(O)CNC(=C)C1CCCN1C(=C)C(NC(=C)[C@H](C)c1cnc(CCCC(C)C)cn1)C(C)(C)C.C=CN.CC.CC. The molecule has 8 heteroatoms. The number of aliphatic hydroxyl groups excluding tert-OH is 1. The highest BCUT2D eigenvalue weighted by atomic mass is 16.3. The van der Waals surface area contributed by atoms with Crippen molar-refractivity contribution >= 4 is 0 Å². The maximum Gasteiger partial charge on any atom is 0.110 e. The van der Waals surface area contributed by atoms with Crippen LogP contribution in [0.4, 0.5) is 0 Å². The summed E-state index contributed by atoms with van der Waals surface area (Å²) in [7, 11) is 0. The van der Waals surface area contributed by atoms with Gasteiger partial charge in [-0.2, -0.15) is 0 Å². The number of nitrogens with two attached hydrogens (primary N) is 1. The molecular formula is C42H75N7O. The number of hydrogen-bond donors (Lipinski definition) is 5. The molecular weight excluding hydrogens is 619 g/mol. The van der Waals surface area contributed by atoms with Gasteiger partial charge in [0, 0.05) is 60.2 Å². The van der Waals surface area contributed by atoms with Crippen LogP contribution >= 0.6 is 0 Å². The second-order valence-electron chi connectivity index (χ2n) is 13.9. The smallest absolute Gasteiger partial charge is 0.110 e. The van der Waals surface area contributed by atoms with E-state index in [1.54, 1.807) is 0 Å². The first-order chi connectivity index (χ1) is 23.7. The lowest BCUT2D eigenvalue weighted by atomic mass is 9.83. The lowest BCUT2D eigenvalue weighted by Gasteiger charge is -2.41. The highest BCUT2D eigenvalue weighted by Gasteiger charge is 2.36. The number of aryl methyl sites for hydroxylation is 1. The number of aliphatic hydroxyl groups is 1. The van der Waals surface area contributed by atoms with Crippen molar-refractivity contribution in [2.75, 3.05) is 13.1 Å². The molecule has 3 unspecified atom stereocenters. The molecule has 0 aromatic carbocycles. The zero-order valence-corrected chi connectivity index (χ0v) is 33.6. The molecule has 8 nitrogen and oxygen atoms in total. The highest BCUT2D eigenvalue weighted by Crippen LogP contribution is 2.34. The van der Waals surface area contributed by atoms with Gasteiger partial charge in [-0.15, -0.1) is 12.8 Å². The number of rotatable bonds is 17. The van der Waals surface area contributed by atoms with Crippen LogP contribution in [0.2, 0.25) is 0 Å². The van der Waals surface area contributed by atoms with Crippen molar-refractivity contribution in [2.24, 2.45) is 17.1 Å². The van der Waals surface area contributed by atoms with Crippen LogP contribution in [-0.4, -0.2) is 57.3 Å². The fourth-order valence-electron chi connectivity index (χ4n) is 5.39. The lowest BCUT2D eigenvalue weighted by molar-refractivity contribution is 0.197. The van der Waals surface area contributed by atoms with E-state index in [9.17, 15) is 5.11 Å². The quantitative estimate of drug-likeness (QED) is 0.104. The fourth-order valence-corrected chi connectivity index (χ4v) is 5.39. The number of aromatic nitrogens is 2. The summed E-state index contributed by atoms with van der Waals surface area (Å²) in [6, 6.07) is 0.562. The predicted octanol–water partition coefficient (Wildman–Crippen LogP) is 8.18. The summed E-state index contributed by atoms with van der Waals surface area (Å²) in [4.78, 5) is 11.8. The van der Waals surface area contributed by atoms with Gasteiger partial charge in [0.15, 0.2) is 0 Å². The van der Waals surface area contributed by atoms with E-state index in [-0.39, 0.29) is 23.4 Å². The Kier molecular flexibility index (Phi) is 25.3. The fraction of sp³-hybridized carbons (Fsp3) is 0.619. The highest BCUT2D eigenvalue weighted by molar-refractivity contribution is 5.24. The molecule has 1 saturated carbocycles. The summed E-state index contributed by atoms with van der Waals surface area (Å²) in [5, 5.41) is 21.0. The van der Waals surface area contributed by atoms with Crippen molar-refractivity contribution in [1.82, 2.24) is 30.8 Å². The second-order valence-corrected chi connectivity index (χ2v) is 13.9. The molecule has 3 rings (SSSR count). The van der Waals surface area contributed by atoms with Gasteiger partial charge in [0.2, 0.25) is 0 Å². The minimum absolute atomic E-state index is 0.00899. The lowest BCUT2D eigenvalue weighted by Crippen LogP contribution is -2.49. The van der Waals surface area contributed by atoms with Gasteiger partial charge in [0.1, 0.15) is 6.10 Å². The van der Waals surface area contributed by atoms with Crippen LogP contribution in [0.3, 0.4) is 0 Å². The molecule has 1 aromatic heterocycles. The third-order valence-corrected chi connectivity index (χ3v) is 8.35. The standard InChI is InChI=1S/C34H56N6O.C2H5N.2C2H6.C2H2/c1-22(2)13-11-14-29-19-37-30(20-36-29)23(3)24(4)39-33(34(8,9)10)27(7)40-18-12-15-31(40)25(5)35-21-32(41)26(6)38-28-16-17-28;1-2-3;3*1-2/h19-20,22-23,28,31-33,35,38-39,41H,4-7,11-18,21H2,1-3,8-10H3;2H,1,3H2;2*1-2H3;1-2H/t23-,31?,32?,33?;;;;/m0..../s1. The van der Waals surface area contributed by atoms with Gasteiger partial charge in [-0.25, -0.2) is 0 Å². The molecule has 0 amide bonds. The van der Waals surface area contributed by atoms with Crippen LogP contribution in [-0.2, 0) is 6.42 Å². The Bertz CT molecular complexity index is 1140. The molecule has 4 atom stereocenters. The molecule has 0 spiro atoms. The molecule has 1 aromatic rings. The van der Waals surface area contributed by atoms with Gasteiger partial charge in [-0.1, -0.05) is 109 Å². The van der Waals surface area contributed by atoms with Crippen LogP contribution in [0.5, 0.6) is 0 Å². The number of hydrogen-bond acceptors (Lipinski definition) is 8. The minimum Gasteiger partial charge on any atom is -0.405 e. The number of nitrogens with zero attached hydrogens (tertiary/aromatic N) is 3. The molecule has 0 bridgehead atoms. The molecule has 0 radical (unpaired) electrons. The van der Waals surface area contributed by atoms with E-state index in [1.807, 2.05) is 40.1 Å². The first-order valence-electron chi connectivity index (χ1n) is 18.6. The van der Waals surface area contributed by atoms with Gasteiger partial charge >= 0.3 is 0 Å². The molecule has 1 aliphatic heterocycles. The van der Waals surface area contributed by atoms with Crippen LogP contribution in [0.15, 0.2) is 74.3 Å². The van der Waals surface area contributed by atoms with Crippen molar-refractivity contribution in [3.05, 3.63) is 85.7 Å². The van der Waals surface area contributed by atoms with E-state index in [4.69, 9.17) is 9.97 Å². The van der Waals surface area contributed by atoms with Gasteiger partial charge in [0.25, 0.3) is 0 Å². The van der Waals surface area contributed by atoms with Crippen molar-refractivity contribution in [3.63, 3.8) is 0 Å². The molecule has 284 valence electrons. The van der Waals surface area contributed by atoms with E-state index in [2.05, 4.69) is 114 Å². The van der Waals surface area contributed by atoms with E-state index in [0.717, 1.165) is 73.5 Å². The van der Waals surface area contributed by atoms with Gasteiger partial charge in [0.05, 0.1) is 23.5 Å². The second kappa shape index (κ2) is 26.2. The number of nitrogens with one attached hydrogen (secondary N) is 3. The average molecular weight is 694 g/mol. The molecule has 50 heavy (non-hydrogen) atoms. The van der Waals surface area contributed by atoms with Crippen molar-refractivity contribution in [1.29, 1.82) is 0 Å². The van der Waals surface area contributed by atoms with E-state index in [0.29, 0.717) is 24.2 Å². The Morgan fingerprint density at radius 3 is 2.08 bits per heavy atom. The van der Waals surface area contributed by atoms with Gasteiger partial charge in [-0.3, -0.25) is 9.97 Å². The maximum atomic E-state index is 10.5. The van der Waals surface area contributed by atoms with Crippen LogP contribution in [0, 0.1) is 24.2 Å². The zero-order valence-electron chi connectivity index (χ0n) is 33.6. The number of terminal acetylenes is 1. The van der Waals surface area contributed by atoms with Crippen molar-refractivity contribution in [3.8, 4) is 12.8 Å². The van der Waals surface area contributed by atoms with E-state index in [1.165, 1.54) is 12.6 Å². The Morgan fingerprint density at radius 2 is 1.60 bits per heavy atom. The Morgan fingerprint density at radius 1 is 1.02 bits per heavy atom. The molecule has 6 N–H and O–H groups in total. The molecule has 1 saturated heterocycles. The molecule has 2 heterocycles. The Labute approximate surface area is 308 Å². The first-order valence-corrected chi connectivity index (χ1v) is 18.6. The molecule has 2 fully saturated rings. The van der Waals surface area contributed by atoms with Crippen molar-refractivity contribution in [2.45, 2.75) is 144 Å². The number of likely N-dealkylation sites (tertiary alicyclic amines) is 1. The summed E-state index contributed by atoms with van der Waals surface area (Å²) < 4.78 is 0. The predicted molar refractivity (Wildman–Crippen MR) is 218 cm³/mol. The first kappa shape index (κ1) is 48.4. The minimum atomic E-state index is -0.656. The summed E-state index contributed by atoms with van der Waals surface area (Å²) in [5.41, 5.74) is 10.00. The summed E-state index contributed by atoms with van der Waals surface area (Å²) in [6.45, 7) is 43.1. The Balaban J connectivity index is 0. The van der Waals surface area contributed by atoms with Crippen LogP contribution in [0.25, 0.3) is 0 Å². The third kappa shape index (κ3) is 17.8. The average Bonchev–Trinajstić information content (AvgIpc) is 3.78. The Hall–Kier alpha value is -3.70. The molecule has 1 aliphatic carbocycles. The van der Waals surface area contributed by atoms with E-state index >= 15 is 0 Å². The topological polar surface area (TPSA) is 111 Å². The maximum absolute atomic E-state index is 10.5. The molecule has 2 aliphatic rings.